The molecule has 1 aromatic rings. The quantitative estimate of drug-likeness (QED) is 0.790. The lowest BCUT2D eigenvalue weighted by molar-refractivity contribution is 0.377. The normalized spacial score (nSPS) is 14.9. The molecule has 0 spiro atoms. The summed E-state index contributed by atoms with van der Waals surface area (Å²) in [4.78, 5) is 0. The molecule has 17 heavy (non-hydrogen) atoms. The molecule has 0 aliphatic heterocycles. The molecule has 2 atom stereocenters. The maximum atomic E-state index is 4.61. The van der Waals surface area contributed by atoms with Crippen LogP contribution in [0.4, 0.5) is 0 Å². The molecular weight excluding hydrogens is 210 g/mol. The molecule has 0 aliphatic rings. The topological polar surface area (TPSA) is 29.9 Å². The third-order valence-corrected chi connectivity index (χ3v) is 3.60. The van der Waals surface area contributed by atoms with E-state index < -0.39 is 0 Å². The summed E-state index contributed by atoms with van der Waals surface area (Å²) in [6.45, 7) is 9.86. The lowest BCUT2D eigenvalue weighted by Gasteiger charge is -2.22. The number of nitrogens with zero attached hydrogens (tertiary/aromatic N) is 2. The van der Waals surface area contributed by atoms with Gasteiger partial charge in [0.05, 0.1) is 5.69 Å². The number of nitrogens with one attached hydrogen (secondary N) is 1. The van der Waals surface area contributed by atoms with Crippen molar-refractivity contribution < 1.29 is 0 Å². The first-order valence-electron chi connectivity index (χ1n) is 6.89. The van der Waals surface area contributed by atoms with Gasteiger partial charge in [-0.15, -0.1) is 0 Å². The molecule has 98 valence electrons. The Hall–Kier alpha value is -0.830. The minimum atomic E-state index is 0.597. The van der Waals surface area contributed by atoms with Crippen molar-refractivity contribution in [2.75, 3.05) is 7.05 Å². The number of rotatable bonds is 7. The average Bonchev–Trinajstić information content (AvgIpc) is 2.73. The third-order valence-electron chi connectivity index (χ3n) is 3.60. The second-order valence-corrected chi connectivity index (χ2v) is 4.78. The van der Waals surface area contributed by atoms with Gasteiger partial charge in [0.2, 0.25) is 0 Å². The molecule has 3 heteroatoms. The second kappa shape index (κ2) is 6.80. The molecule has 1 rings (SSSR count). The zero-order valence-electron chi connectivity index (χ0n) is 12.0. The van der Waals surface area contributed by atoms with Crippen molar-refractivity contribution in [3.05, 3.63) is 17.5 Å². The maximum absolute atomic E-state index is 4.61. The van der Waals surface area contributed by atoms with Crippen LogP contribution in [0.25, 0.3) is 0 Å². The summed E-state index contributed by atoms with van der Waals surface area (Å²) >= 11 is 0. The minimum Gasteiger partial charge on any atom is -0.317 e. The van der Waals surface area contributed by atoms with Crippen molar-refractivity contribution in [2.45, 2.75) is 59.5 Å². The molecule has 0 aliphatic carbocycles. The molecule has 0 bridgehead atoms. The van der Waals surface area contributed by atoms with Crippen LogP contribution >= 0.6 is 0 Å². The Labute approximate surface area is 106 Å². The van der Waals surface area contributed by atoms with E-state index in [4.69, 9.17) is 0 Å². The smallest absolute Gasteiger partial charge is 0.0624 e. The maximum Gasteiger partial charge on any atom is 0.0624 e. The summed E-state index contributed by atoms with van der Waals surface area (Å²) in [6, 6.07) is 2.86. The fraction of sp³-hybridized carbons (Fsp3) is 0.786. The van der Waals surface area contributed by atoms with Crippen LogP contribution in [0.15, 0.2) is 6.07 Å². The lowest BCUT2D eigenvalue weighted by Crippen LogP contribution is -2.32. The zero-order chi connectivity index (χ0) is 12.8. The first kappa shape index (κ1) is 14.2. The van der Waals surface area contributed by atoms with Crippen molar-refractivity contribution >= 4 is 0 Å². The molecular formula is C14H27N3. The number of aryl methyl sites for hydroxylation is 2. The van der Waals surface area contributed by atoms with E-state index in [0.29, 0.717) is 12.0 Å². The zero-order valence-corrected chi connectivity index (χ0v) is 12.0. The van der Waals surface area contributed by atoms with Gasteiger partial charge in [-0.3, -0.25) is 4.68 Å². The van der Waals surface area contributed by atoms with E-state index in [2.05, 4.69) is 55.9 Å². The third kappa shape index (κ3) is 3.56. The molecule has 0 fully saturated rings. The van der Waals surface area contributed by atoms with Crippen molar-refractivity contribution in [1.82, 2.24) is 15.1 Å². The highest BCUT2D eigenvalue weighted by Gasteiger charge is 2.16. The van der Waals surface area contributed by atoms with Crippen LogP contribution in [0.5, 0.6) is 0 Å². The Bertz CT molecular complexity index is 326. The predicted molar refractivity (Wildman–Crippen MR) is 73.3 cm³/mol. The van der Waals surface area contributed by atoms with Crippen LogP contribution in [0.2, 0.25) is 0 Å². The second-order valence-electron chi connectivity index (χ2n) is 4.78. The van der Waals surface area contributed by atoms with Gasteiger partial charge in [0.15, 0.2) is 0 Å². The molecule has 0 saturated heterocycles. The summed E-state index contributed by atoms with van der Waals surface area (Å²) < 4.78 is 2.15. The molecule has 3 nitrogen and oxygen atoms in total. The molecule has 1 N–H and O–H groups in total. The standard InChI is InChI=1S/C14H27N3/c1-6-12-10-13(17(8-3)16-12)9-11(4)14(7-2)15-5/h10-11,14-15H,6-9H2,1-5H3. The molecule has 2 unspecified atom stereocenters. The van der Waals surface area contributed by atoms with E-state index in [-0.39, 0.29) is 0 Å². The van der Waals surface area contributed by atoms with Crippen molar-refractivity contribution in [3.8, 4) is 0 Å². The van der Waals surface area contributed by atoms with E-state index in [1.54, 1.807) is 0 Å². The predicted octanol–water partition coefficient (Wildman–Crippen LogP) is 2.64. The van der Waals surface area contributed by atoms with Gasteiger partial charge in [0, 0.05) is 18.3 Å². The monoisotopic (exact) mass is 237 g/mol. The van der Waals surface area contributed by atoms with Crippen LogP contribution in [-0.4, -0.2) is 22.9 Å². The van der Waals surface area contributed by atoms with Gasteiger partial charge in [-0.2, -0.15) is 5.10 Å². The largest absolute Gasteiger partial charge is 0.317 e. The van der Waals surface area contributed by atoms with Crippen molar-refractivity contribution in [3.63, 3.8) is 0 Å². The number of hydrogen-bond donors (Lipinski definition) is 1. The van der Waals surface area contributed by atoms with Gasteiger partial charge in [0.1, 0.15) is 0 Å². The van der Waals surface area contributed by atoms with Crippen molar-refractivity contribution in [1.29, 1.82) is 0 Å². The molecule has 1 heterocycles. The van der Waals surface area contributed by atoms with Gasteiger partial charge < -0.3 is 5.32 Å². The van der Waals surface area contributed by atoms with Gasteiger partial charge >= 0.3 is 0 Å². The lowest BCUT2D eigenvalue weighted by atomic mass is 9.94. The van der Waals surface area contributed by atoms with Crippen LogP contribution in [0.1, 0.15) is 45.5 Å². The highest BCUT2D eigenvalue weighted by atomic mass is 15.3. The number of hydrogen-bond acceptors (Lipinski definition) is 2. The van der Waals surface area contributed by atoms with E-state index in [0.717, 1.165) is 19.4 Å². The van der Waals surface area contributed by atoms with Gasteiger partial charge in [-0.25, -0.2) is 0 Å². The summed E-state index contributed by atoms with van der Waals surface area (Å²) in [5, 5.41) is 8.01. The van der Waals surface area contributed by atoms with E-state index in [1.165, 1.54) is 17.8 Å². The van der Waals surface area contributed by atoms with Crippen LogP contribution in [-0.2, 0) is 19.4 Å². The molecule has 0 aromatic carbocycles. The molecule has 0 amide bonds. The van der Waals surface area contributed by atoms with Gasteiger partial charge in [-0.1, -0.05) is 20.8 Å². The Morgan fingerprint density at radius 1 is 1.35 bits per heavy atom. The van der Waals surface area contributed by atoms with E-state index >= 15 is 0 Å². The molecule has 1 aromatic heterocycles. The summed E-state index contributed by atoms with van der Waals surface area (Å²) in [5.41, 5.74) is 2.59. The fourth-order valence-electron chi connectivity index (χ4n) is 2.49. The Balaban J connectivity index is 2.75. The molecule has 0 saturated carbocycles. The van der Waals surface area contributed by atoms with Gasteiger partial charge in [0.25, 0.3) is 0 Å². The van der Waals surface area contributed by atoms with Crippen LogP contribution < -0.4 is 5.32 Å². The Kier molecular flexibility index (Phi) is 5.69. The Morgan fingerprint density at radius 2 is 2.06 bits per heavy atom. The Morgan fingerprint density at radius 3 is 2.53 bits per heavy atom. The summed E-state index contributed by atoms with van der Waals surface area (Å²) in [5.74, 6) is 0.650. The first-order chi connectivity index (χ1) is 8.15. The SMILES string of the molecule is CCc1cc(CC(C)C(CC)NC)n(CC)n1. The molecule has 0 radical (unpaired) electrons. The first-order valence-corrected chi connectivity index (χ1v) is 6.89. The van der Waals surface area contributed by atoms with E-state index in [9.17, 15) is 0 Å². The highest BCUT2D eigenvalue weighted by Crippen LogP contribution is 2.15. The van der Waals surface area contributed by atoms with Crippen LogP contribution in [0, 0.1) is 5.92 Å². The average molecular weight is 237 g/mol. The number of aromatic nitrogens is 2. The van der Waals surface area contributed by atoms with Gasteiger partial charge in [-0.05, 0) is 45.2 Å². The highest BCUT2D eigenvalue weighted by molar-refractivity contribution is 5.11. The van der Waals surface area contributed by atoms with E-state index in [1.807, 2.05) is 0 Å². The fourth-order valence-corrected chi connectivity index (χ4v) is 2.49. The van der Waals surface area contributed by atoms with Crippen molar-refractivity contribution in [2.24, 2.45) is 5.92 Å². The summed E-state index contributed by atoms with van der Waals surface area (Å²) in [7, 11) is 2.05. The summed E-state index contributed by atoms with van der Waals surface area (Å²) in [6.07, 6.45) is 3.32. The minimum absolute atomic E-state index is 0.597. The van der Waals surface area contributed by atoms with Crippen LogP contribution in [0.3, 0.4) is 0 Å².